The Hall–Kier alpha value is -3.43. The number of fused-ring (bicyclic) bond motifs is 2. The van der Waals surface area contributed by atoms with Crippen molar-refractivity contribution < 1.29 is 14.4 Å². The van der Waals surface area contributed by atoms with E-state index in [1.165, 1.54) is 10.3 Å². The average Bonchev–Trinajstić information content (AvgIpc) is 3.45. The lowest BCUT2D eigenvalue weighted by Crippen LogP contribution is -2.54. The quantitative estimate of drug-likeness (QED) is 0.244. The summed E-state index contributed by atoms with van der Waals surface area (Å²) in [4.78, 5) is 41.2. The largest absolute Gasteiger partial charge is 0.354 e. The minimum Gasteiger partial charge on any atom is -0.354 e. The van der Waals surface area contributed by atoms with E-state index in [2.05, 4.69) is 39.5 Å². The number of para-hydroxylation sites is 1. The first-order valence-corrected chi connectivity index (χ1v) is 17.2. The Bertz CT molecular complexity index is 1460. The number of likely N-dealkylation sites (tertiary alicyclic amines) is 1. The lowest BCUT2D eigenvalue weighted by Gasteiger charge is -2.34. The zero-order valence-corrected chi connectivity index (χ0v) is 26.2. The molecule has 44 heavy (non-hydrogen) atoms. The molecule has 3 aliphatic rings. The number of benzene rings is 2. The fourth-order valence-electron chi connectivity index (χ4n) is 7.24. The van der Waals surface area contributed by atoms with E-state index in [1.54, 1.807) is 11.3 Å². The van der Waals surface area contributed by atoms with Crippen molar-refractivity contribution >= 4 is 45.0 Å². The number of anilines is 1. The topological polar surface area (TPSA) is 117 Å². The van der Waals surface area contributed by atoms with Gasteiger partial charge < -0.3 is 26.6 Å². The Balaban J connectivity index is 1.04. The molecule has 234 valence electrons. The van der Waals surface area contributed by atoms with Crippen LogP contribution in [-0.2, 0) is 16.0 Å². The number of piperidine rings is 1. The number of urea groups is 1. The predicted molar refractivity (Wildman–Crippen MR) is 177 cm³/mol. The van der Waals surface area contributed by atoms with Gasteiger partial charge in [0.1, 0.15) is 6.04 Å². The van der Waals surface area contributed by atoms with E-state index in [4.69, 9.17) is 5.73 Å². The summed E-state index contributed by atoms with van der Waals surface area (Å²) in [5.74, 6) is 1.19. The van der Waals surface area contributed by atoms with Crippen LogP contribution in [0.1, 0.15) is 74.8 Å². The molecule has 0 spiro atoms. The second kappa shape index (κ2) is 14.1. The molecule has 2 aromatic carbocycles. The van der Waals surface area contributed by atoms with Crippen molar-refractivity contribution in [3.63, 3.8) is 0 Å². The molecular weight excluding hydrogens is 570 g/mol. The molecule has 2 atom stereocenters. The zero-order valence-electron chi connectivity index (χ0n) is 25.4. The third-order valence-corrected chi connectivity index (χ3v) is 11.0. The highest BCUT2D eigenvalue weighted by molar-refractivity contribution is 7.17. The van der Waals surface area contributed by atoms with Crippen molar-refractivity contribution in [2.45, 2.75) is 82.2 Å². The van der Waals surface area contributed by atoms with E-state index in [1.807, 2.05) is 35.2 Å². The number of thiophene rings is 1. The molecule has 0 radical (unpaired) electrons. The maximum atomic E-state index is 13.5. The van der Waals surface area contributed by atoms with E-state index >= 15 is 0 Å². The van der Waals surface area contributed by atoms with Crippen LogP contribution in [0.3, 0.4) is 0 Å². The number of carbonyl (C=O) groups is 3. The van der Waals surface area contributed by atoms with Crippen molar-refractivity contribution in [3.05, 3.63) is 65.0 Å². The molecule has 1 unspecified atom stereocenters. The SMILES string of the molecule is NC1CCC(CNC(=O)[C@@H](Cc2csc3ccccc23)NC(=O)N2CCC(CCC3CC(=O)Nc4ccccc43)CC2)CC1. The van der Waals surface area contributed by atoms with Gasteiger partial charge in [0.2, 0.25) is 11.8 Å². The molecule has 5 N–H and O–H groups in total. The Morgan fingerprint density at radius 2 is 1.70 bits per heavy atom. The summed E-state index contributed by atoms with van der Waals surface area (Å²) in [7, 11) is 0. The smallest absolute Gasteiger partial charge is 0.318 e. The molecule has 1 saturated heterocycles. The van der Waals surface area contributed by atoms with Gasteiger partial charge in [-0.1, -0.05) is 36.4 Å². The molecule has 2 aliphatic heterocycles. The van der Waals surface area contributed by atoms with Gasteiger partial charge in [-0.25, -0.2) is 4.79 Å². The van der Waals surface area contributed by atoms with Gasteiger partial charge in [-0.05, 0) is 103 Å². The van der Waals surface area contributed by atoms with Crippen molar-refractivity contribution in [1.82, 2.24) is 15.5 Å². The number of nitrogens with two attached hydrogens (primary N) is 1. The first-order valence-electron chi connectivity index (χ1n) is 16.4. The van der Waals surface area contributed by atoms with Crippen molar-refractivity contribution in [2.75, 3.05) is 25.0 Å². The summed E-state index contributed by atoms with van der Waals surface area (Å²) in [5, 5.41) is 12.5. The van der Waals surface area contributed by atoms with E-state index in [9.17, 15) is 14.4 Å². The van der Waals surface area contributed by atoms with Gasteiger partial charge in [0.05, 0.1) is 0 Å². The molecule has 6 rings (SSSR count). The molecule has 8 nitrogen and oxygen atoms in total. The highest BCUT2D eigenvalue weighted by Crippen LogP contribution is 2.37. The van der Waals surface area contributed by atoms with Gasteiger partial charge >= 0.3 is 6.03 Å². The van der Waals surface area contributed by atoms with Crippen molar-refractivity contribution in [1.29, 1.82) is 0 Å². The molecule has 1 aliphatic carbocycles. The lowest BCUT2D eigenvalue weighted by molar-refractivity contribution is -0.123. The van der Waals surface area contributed by atoms with Crippen LogP contribution in [0.4, 0.5) is 10.5 Å². The number of hydrogen-bond acceptors (Lipinski definition) is 5. The van der Waals surface area contributed by atoms with Crippen LogP contribution in [-0.4, -0.2) is 54.5 Å². The second-order valence-corrected chi connectivity index (χ2v) is 13.9. The molecule has 3 heterocycles. The van der Waals surface area contributed by atoms with Crippen LogP contribution in [0, 0.1) is 11.8 Å². The maximum absolute atomic E-state index is 13.5. The van der Waals surface area contributed by atoms with Crippen LogP contribution in [0.2, 0.25) is 0 Å². The van der Waals surface area contributed by atoms with Crippen LogP contribution in [0.25, 0.3) is 10.1 Å². The van der Waals surface area contributed by atoms with Crippen molar-refractivity contribution in [2.24, 2.45) is 17.6 Å². The van der Waals surface area contributed by atoms with Gasteiger partial charge in [-0.3, -0.25) is 9.59 Å². The molecular formula is C35H45N5O3S. The lowest BCUT2D eigenvalue weighted by atomic mass is 9.82. The van der Waals surface area contributed by atoms with Crippen LogP contribution >= 0.6 is 11.3 Å². The Labute approximate surface area is 264 Å². The summed E-state index contributed by atoms with van der Waals surface area (Å²) >= 11 is 1.67. The average molecular weight is 616 g/mol. The number of nitrogens with one attached hydrogen (secondary N) is 3. The first-order chi connectivity index (χ1) is 21.4. The van der Waals surface area contributed by atoms with Crippen LogP contribution < -0.4 is 21.7 Å². The van der Waals surface area contributed by atoms with Gasteiger partial charge in [0.15, 0.2) is 0 Å². The fourth-order valence-corrected chi connectivity index (χ4v) is 8.22. The number of amides is 4. The van der Waals surface area contributed by atoms with Crippen LogP contribution in [0.5, 0.6) is 0 Å². The Kier molecular flexibility index (Phi) is 9.82. The highest BCUT2D eigenvalue weighted by Gasteiger charge is 2.30. The van der Waals surface area contributed by atoms with Gasteiger partial charge in [-0.2, -0.15) is 0 Å². The molecule has 4 amide bonds. The zero-order chi connectivity index (χ0) is 30.5. The van der Waals surface area contributed by atoms with E-state index < -0.39 is 6.04 Å². The Morgan fingerprint density at radius 3 is 2.52 bits per heavy atom. The second-order valence-electron chi connectivity index (χ2n) is 13.0. The third kappa shape index (κ3) is 7.44. The Morgan fingerprint density at radius 1 is 0.955 bits per heavy atom. The highest BCUT2D eigenvalue weighted by atomic mass is 32.1. The summed E-state index contributed by atoms with van der Waals surface area (Å²) in [6.07, 6.45) is 8.95. The third-order valence-electron chi connectivity index (χ3n) is 9.99. The minimum absolute atomic E-state index is 0.0946. The van der Waals surface area contributed by atoms with Crippen LogP contribution in [0.15, 0.2) is 53.9 Å². The number of nitrogens with zero attached hydrogens (tertiary/aromatic N) is 1. The van der Waals surface area contributed by atoms with Gasteiger partial charge in [0.25, 0.3) is 0 Å². The number of rotatable bonds is 9. The minimum atomic E-state index is -0.637. The summed E-state index contributed by atoms with van der Waals surface area (Å²) in [6, 6.07) is 15.8. The molecule has 1 saturated carbocycles. The molecule has 9 heteroatoms. The summed E-state index contributed by atoms with van der Waals surface area (Å²) in [6.45, 7) is 1.98. The molecule has 2 fully saturated rings. The first kappa shape index (κ1) is 30.6. The fraction of sp³-hybridized carbons (Fsp3) is 0.514. The van der Waals surface area contributed by atoms with E-state index in [0.717, 1.165) is 68.0 Å². The summed E-state index contributed by atoms with van der Waals surface area (Å²) in [5.41, 5.74) is 9.34. The number of carbonyl (C=O) groups excluding carboxylic acids is 3. The number of hydrogen-bond donors (Lipinski definition) is 4. The van der Waals surface area contributed by atoms with Gasteiger partial charge in [0, 0.05) is 48.9 Å². The van der Waals surface area contributed by atoms with Crippen molar-refractivity contribution in [3.8, 4) is 0 Å². The normalized spacial score (nSPS) is 23.1. The molecule has 3 aromatic rings. The monoisotopic (exact) mass is 615 g/mol. The molecule has 1 aromatic heterocycles. The summed E-state index contributed by atoms with van der Waals surface area (Å²) < 4.78 is 1.19. The van der Waals surface area contributed by atoms with E-state index in [0.29, 0.717) is 44.3 Å². The molecule has 0 bridgehead atoms. The standard InChI is InChI=1S/C35H45N5O3S/c36-27-13-10-24(11-14-27)21-37-34(42)31(19-26-22-44-32-8-4-2-6-29(26)32)39-35(43)40-17-15-23(16-18-40)9-12-25-20-33(41)38-30-7-3-1-5-28(25)30/h1-8,22-25,27,31H,9-21,36H2,(H,37,42)(H,38,41)(H,39,43)/t24?,25?,27?,31-/m1/s1. The maximum Gasteiger partial charge on any atom is 0.318 e. The van der Waals surface area contributed by atoms with Gasteiger partial charge in [-0.15, -0.1) is 11.3 Å². The predicted octanol–water partition coefficient (Wildman–Crippen LogP) is 5.77. The van der Waals surface area contributed by atoms with E-state index in [-0.39, 0.29) is 29.8 Å².